The molecule has 72 valence electrons. The summed E-state index contributed by atoms with van der Waals surface area (Å²) in [6.45, 7) is 0. The fourth-order valence-corrected chi connectivity index (χ4v) is 1.58. The molecule has 0 heterocycles. The summed E-state index contributed by atoms with van der Waals surface area (Å²) in [6, 6.07) is 6.06. The first-order valence-electron chi connectivity index (χ1n) is 4.67. The molecule has 0 bridgehead atoms. The third-order valence-corrected chi connectivity index (χ3v) is 2.49. The van der Waals surface area contributed by atoms with Gasteiger partial charge in [-0.15, -0.1) is 0 Å². The first-order chi connectivity index (χ1) is 6.48. The highest BCUT2D eigenvalue weighted by Crippen LogP contribution is 2.26. The molecule has 2 heteroatoms. The van der Waals surface area contributed by atoms with E-state index in [1.807, 2.05) is 18.2 Å². The van der Waals surface area contributed by atoms with Crippen molar-refractivity contribution in [3.63, 3.8) is 0 Å². The van der Waals surface area contributed by atoms with Crippen LogP contribution in [0.4, 0.5) is 5.69 Å². The number of hydrogen-bond donors (Lipinski definition) is 0. The predicted molar refractivity (Wildman–Crippen MR) is 59.4 cm³/mol. The Morgan fingerprint density at radius 3 is 2.43 bits per heavy atom. The summed E-state index contributed by atoms with van der Waals surface area (Å²) in [5, 5.41) is 0. The summed E-state index contributed by atoms with van der Waals surface area (Å²) < 4.78 is 0.737. The number of benzene rings is 1. The molecule has 0 N–H and O–H groups in total. The van der Waals surface area contributed by atoms with Gasteiger partial charge >= 0.3 is 0 Å². The number of carbonyl (C=O) groups excluding carboxylic acids is 1. The lowest BCUT2D eigenvalue weighted by Gasteiger charge is -2.23. The Balaban J connectivity index is 2.53. The number of hydrogen-bond acceptors (Lipinski definition) is 1. The fraction of sp³-hybridized carbons (Fsp3) is 0.250. The largest absolute Gasteiger partial charge is 0.298 e. The van der Waals surface area contributed by atoms with Crippen LogP contribution in [-0.2, 0) is 0 Å². The lowest BCUT2D eigenvalue weighted by molar-refractivity contribution is 0.105. The van der Waals surface area contributed by atoms with Gasteiger partial charge in [0.05, 0.1) is 21.1 Å². The van der Waals surface area contributed by atoms with Crippen molar-refractivity contribution in [3.8, 4) is 0 Å². The van der Waals surface area contributed by atoms with Gasteiger partial charge in [0.1, 0.15) is 5.69 Å². The molecule has 0 saturated carbocycles. The summed E-state index contributed by atoms with van der Waals surface area (Å²) in [5.74, 6) is 0.121. The van der Waals surface area contributed by atoms with Crippen LogP contribution in [0.5, 0.6) is 0 Å². The van der Waals surface area contributed by atoms with Crippen LogP contribution >= 0.6 is 0 Å². The first kappa shape index (κ1) is 9.16. The minimum Gasteiger partial charge on any atom is -0.298 e. The highest BCUT2D eigenvalue weighted by atomic mass is 16.1. The van der Waals surface area contributed by atoms with Gasteiger partial charge in [0.2, 0.25) is 0 Å². The van der Waals surface area contributed by atoms with Gasteiger partial charge in [-0.3, -0.25) is 9.28 Å². The van der Waals surface area contributed by atoms with Crippen LogP contribution in [0.15, 0.2) is 24.3 Å². The lowest BCUT2D eigenvalue weighted by Crippen LogP contribution is -2.34. The van der Waals surface area contributed by atoms with Gasteiger partial charge in [-0.05, 0) is 23.8 Å². The normalized spacial score (nSPS) is 14.6. The highest BCUT2D eigenvalue weighted by Gasteiger charge is 2.19. The van der Waals surface area contributed by atoms with E-state index in [1.54, 1.807) is 6.08 Å². The van der Waals surface area contributed by atoms with Crippen molar-refractivity contribution in [2.45, 2.75) is 0 Å². The Labute approximate surface area is 84.1 Å². The number of fused-ring (bicyclic) bond motifs is 1. The van der Waals surface area contributed by atoms with Crippen molar-refractivity contribution in [3.05, 3.63) is 35.4 Å². The van der Waals surface area contributed by atoms with Gasteiger partial charge in [-0.2, -0.15) is 0 Å². The standard InChI is InChI=1S/C12H14NO/c1-13(2,3)10-6-4-9-5-7-12(14)11(9)8-10/h4-8H,1-3H3/q+1. The molecule has 0 aromatic heterocycles. The molecular weight excluding hydrogens is 174 g/mol. The molecule has 2 rings (SSSR count). The number of nitrogens with zero attached hydrogens (tertiary/aromatic N) is 1. The molecule has 1 aliphatic rings. The van der Waals surface area contributed by atoms with Gasteiger partial charge < -0.3 is 0 Å². The average Bonchev–Trinajstić information content (AvgIpc) is 2.46. The van der Waals surface area contributed by atoms with Crippen molar-refractivity contribution in [1.82, 2.24) is 4.48 Å². The Morgan fingerprint density at radius 2 is 1.79 bits per heavy atom. The Kier molecular flexibility index (Phi) is 1.82. The summed E-state index contributed by atoms with van der Waals surface area (Å²) in [7, 11) is 6.28. The summed E-state index contributed by atoms with van der Waals surface area (Å²) in [6.07, 6.45) is 3.50. The van der Waals surface area contributed by atoms with E-state index >= 15 is 0 Å². The molecule has 0 fully saturated rings. The summed E-state index contributed by atoms with van der Waals surface area (Å²) in [4.78, 5) is 11.5. The zero-order valence-electron chi connectivity index (χ0n) is 8.74. The predicted octanol–water partition coefficient (Wildman–Crippen LogP) is 2.09. The third kappa shape index (κ3) is 1.38. The van der Waals surface area contributed by atoms with Crippen LogP contribution in [0.2, 0.25) is 0 Å². The Hall–Kier alpha value is -1.41. The van der Waals surface area contributed by atoms with Crippen LogP contribution in [0.1, 0.15) is 15.9 Å². The molecule has 0 atom stereocenters. The number of allylic oxidation sites excluding steroid dienone is 1. The second-order valence-corrected chi connectivity index (χ2v) is 4.48. The van der Waals surface area contributed by atoms with E-state index in [0.717, 1.165) is 21.3 Å². The molecular formula is C12H14NO+. The van der Waals surface area contributed by atoms with Gasteiger partial charge in [0.15, 0.2) is 5.78 Å². The van der Waals surface area contributed by atoms with E-state index in [0.29, 0.717) is 0 Å². The lowest BCUT2D eigenvalue weighted by atomic mass is 10.1. The molecule has 0 saturated heterocycles. The first-order valence-corrected chi connectivity index (χ1v) is 4.67. The monoisotopic (exact) mass is 188 g/mol. The van der Waals surface area contributed by atoms with E-state index in [2.05, 4.69) is 27.2 Å². The summed E-state index contributed by atoms with van der Waals surface area (Å²) in [5.41, 5.74) is 3.02. The van der Waals surface area contributed by atoms with Crippen molar-refractivity contribution in [2.24, 2.45) is 0 Å². The Morgan fingerprint density at radius 1 is 1.07 bits per heavy atom. The topological polar surface area (TPSA) is 17.1 Å². The summed E-state index contributed by atoms with van der Waals surface area (Å²) >= 11 is 0. The maximum absolute atomic E-state index is 11.5. The van der Waals surface area contributed by atoms with E-state index in [9.17, 15) is 4.79 Å². The van der Waals surface area contributed by atoms with Crippen molar-refractivity contribution >= 4 is 17.5 Å². The van der Waals surface area contributed by atoms with Gasteiger partial charge in [-0.25, -0.2) is 0 Å². The highest BCUT2D eigenvalue weighted by molar-refractivity contribution is 6.14. The van der Waals surface area contributed by atoms with Crippen molar-refractivity contribution in [2.75, 3.05) is 21.1 Å². The van der Waals surface area contributed by atoms with Gasteiger partial charge in [0.25, 0.3) is 0 Å². The van der Waals surface area contributed by atoms with Crippen LogP contribution in [0, 0.1) is 0 Å². The number of rotatable bonds is 1. The smallest absolute Gasteiger partial charge is 0.186 e. The average molecular weight is 188 g/mol. The van der Waals surface area contributed by atoms with Gasteiger partial charge in [-0.1, -0.05) is 6.08 Å². The molecule has 0 unspecified atom stereocenters. The number of ketones is 1. The number of quaternary nitrogens is 1. The quantitative estimate of drug-likeness (QED) is 0.617. The minimum absolute atomic E-state index is 0.121. The maximum Gasteiger partial charge on any atom is 0.186 e. The molecule has 2 nitrogen and oxygen atoms in total. The maximum atomic E-state index is 11.5. The van der Waals surface area contributed by atoms with Crippen LogP contribution < -0.4 is 4.48 Å². The van der Waals surface area contributed by atoms with Crippen LogP contribution in [-0.4, -0.2) is 26.9 Å². The van der Waals surface area contributed by atoms with Crippen molar-refractivity contribution in [1.29, 1.82) is 0 Å². The van der Waals surface area contributed by atoms with Crippen LogP contribution in [0.3, 0.4) is 0 Å². The molecule has 1 aromatic rings. The second-order valence-electron chi connectivity index (χ2n) is 4.48. The minimum atomic E-state index is 0.121. The second kappa shape index (κ2) is 2.79. The van der Waals surface area contributed by atoms with E-state index in [-0.39, 0.29) is 5.78 Å². The molecule has 0 aliphatic heterocycles. The van der Waals surface area contributed by atoms with Crippen molar-refractivity contribution < 1.29 is 4.79 Å². The number of carbonyl (C=O) groups is 1. The van der Waals surface area contributed by atoms with E-state index in [1.165, 1.54) is 0 Å². The molecule has 0 radical (unpaired) electrons. The molecule has 0 spiro atoms. The van der Waals surface area contributed by atoms with E-state index in [4.69, 9.17) is 0 Å². The van der Waals surface area contributed by atoms with Gasteiger partial charge in [0, 0.05) is 11.6 Å². The van der Waals surface area contributed by atoms with E-state index < -0.39 is 0 Å². The Bertz CT molecular complexity index is 424. The third-order valence-electron chi connectivity index (χ3n) is 2.49. The molecule has 1 aromatic carbocycles. The molecule has 14 heavy (non-hydrogen) atoms. The zero-order chi connectivity index (χ0) is 10.3. The SMILES string of the molecule is C[N+](C)(C)c1ccc2c(c1)C(=O)C=C2. The molecule has 1 aliphatic carbocycles. The van der Waals surface area contributed by atoms with Crippen LogP contribution in [0.25, 0.3) is 6.08 Å². The zero-order valence-corrected chi connectivity index (χ0v) is 8.74. The fourth-order valence-electron chi connectivity index (χ4n) is 1.58. The molecule has 0 amide bonds.